The van der Waals surface area contributed by atoms with Crippen molar-refractivity contribution >= 4 is 27.8 Å². The maximum atomic E-state index is 8.49. The van der Waals surface area contributed by atoms with E-state index < -0.39 is 16.0 Å². The Morgan fingerprint density at radius 3 is 2.07 bits per heavy atom. The molecule has 30 heavy (non-hydrogen) atoms. The van der Waals surface area contributed by atoms with E-state index in [1.807, 2.05) is 80.6 Å². The molecule has 0 amide bonds. The van der Waals surface area contributed by atoms with Crippen LogP contribution in [-0.4, -0.2) is 11.6 Å². The van der Waals surface area contributed by atoms with Crippen LogP contribution in [0.5, 0.6) is 0 Å². The third-order valence-corrected chi connectivity index (χ3v) is 4.06. The van der Waals surface area contributed by atoms with Gasteiger partial charge in [-0.15, -0.1) is 10.2 Å². The predicted molar refractivity (Wildman–Crippen MR) is 107 cm³/mol. The summed E-state index contributed by atoms with van der Waals surface area (Å²) in [5.74, 6) is 0.850. The van der Waals surface area contributed by atoms with Gasteiger partial charge in [-0.1, -0.05) is 64.5 Å². The lowest BCUT2D eigenvalue weighted by Crippen LogP contribution is -2.68. The highest BCUT2D eigenvalue weighted by Gasteiger charge is 2.37. The fourth-order valence-electron chi connectivity index (χ4n) is 2.50. The lowest BCUT2D eigenvalue weighted by atomic mass is 10.1. The number of ether oxygens (including phenoxy) is 1. The molecule has 0 bridgehead atoms. The molecule has 158 valence electrons. The van der Waals surface area contributed by atoms with Crippen LogP contribution in [0.3, 0.4) is 0 Å². The van der Waals surface area contributed by atoms with Crippen LogP contribution in [0.25, 0.3) is 6.08 Å². The molecule has 0 N–H and O–H groups in total. The fourth-order valence-corrected chi connectivity index (χ4v) is 2.90. The van der Waals surface area contributed by atoms with Crippen LogP contribution in [-0.2, 0) is 4.74 Å². The number of allylic oxidation sites excluding steroid dienone is 4. The summed E-state index contributed by atoms with van der Waals surface area (Å²) in [5.41, 5.74) is 2.17. The van der Waals surface area contributed by atoms with Crippen LogP contribution in [0.1, 0.15) is 29.4 Å². The summed E-state index contributed by atoms with van der Waals surface area (Å²) in [7, 11) is -4.94. The molecule has 0 aromatic heterocycles. The monoisotopic (exact) mass is 494 g/mol. The third kappa shape index (κ3) is 9.49. The second-order valence-electron chi connectivity index (χ2n) is 6.53. The number of hydrogen-bond acceptors (Lipinski definition) is 5. The average molecular weight is 496 g/mol. The molecule has 1 aliphatic heterocycles. The molecule has 3 rings (SSSR count). The maximum absolute atomic E-state index is 8.49. The summed E-state index contributed by atoms with van der Waals surface area (Å²) in [6.45, 7) is 3.82. The van der Waals surface area contributed by atoms with Crippen molar-refractivity contribution in [2.75, 3.05) is 0 Å². The highest BCUT2D eigenvalue weighted by molar-refractivity contribution is 9.12. The minimum atomic E-state index is -4.94. The van der Waals surface area contributed by atoms with Crippen LogP contribution >= 0.6 is 15.9 Å². The SMILES string of the molecule is CC1(C)OC(/C=C/C(Br)=C/c2ccccc2)=CC(c2ccccc2)=[O+]1.[O-][Cl+3]([O-])([O-])[O-]. The average Bonchev–Trinajstić information content (AvgIpc) is 2.65. The van der Waals surface area contributed by atoms with E-state index in [0.717, 1.165) is 27.2 Å². The Labute approximate surface area is 185 Å². The van der Waals surface area contributed by atoms with Gasteiger partial charge in [-0.3, -0.25) is 0 Å². The number of benzene rings is 2. The molecular formula is C22H20BrClO6. The Morgan fingerprint density at radius 2 is 1.50 bits per heavy atom. The highest BCUT2D eigenvalue weighted by Crippen LogP contribution is 2.25. The van der Waals surface area contributed by atoms with Gasteiger partial charge in [-0.25, -0.2) is 23.1 Å². The van der Waals surface area contributed by atoms with Gasteiger partial charge in [0.05, 0.1) is 25.5 Å². The van der Waals surface area contributed by atoms with Crippen molar-refractivity contribution in [1.82, 2.24) is 0 Å². The first kappa shape index (κ1) is 24.0. The largest absolute Gasteiger partial charge is 0.424 e. The Morgan fingerprint density at radius 1 is 0.967 bits per heavy atom. The van der Waals surface area contributed by atoms with Crippen LogP contribution < -0.4 is 18.6 Å². The Bertz CT molecular complexity index is 939. The van der Waals surface area contributed by atoms with E-state index in [1.165, 1.54) is 0 Å². The summed E-state index contributed by atoms with van der Waals surface area (Å²) >= 11 is 3.58. The van der Waals surface area contributed by atoms with E-state index in [1.54, 1.807) is 0 Å². The number of rotatable bonds is 4. The number of ketones is 1. The zero-order valence-corrected chi connectivity index (χ0v) is 18.6. The van der Waals surface area contributed by atoms with E-state index in [4.69, 9.17) is 27.8 Å². The molecule has 0 unspecified atom stereocenters. The lowest BCUT2D eigenvalue weighted by molar-refractivity contribution is -2.00. The standard InChI is InChI=1S/C22H20BrO2.ClHO4/c1-22(2)24-20(16-21(25-22)18-11-7-4-8-12-18)14-13-19(23)15-17-9-5-3-6-10-17;2-1(3,4)5/h3-16H,1-2H3;(H,2,3,4,5)/q+1;/p-1/b14-13+,19-15-;. The summed E-state index contributed by atoms with van der Waals surface area (Å²) in [5, 5.41) is 0. The van der Waals surface area contributed by atoms with E-state index in [0.29, 0.717) is 0 Å². The first-order valence-electron chi connectivity index (χ1n) is 8.76. The van der Waals surface area contributed by atoms with Gasteiger partial charge < -0.3 is 4.74 Å². The van der Waals surface area contributed by atoms with Crippen molar-refractivity contribution in [2.45, 2.75) is 19.6 Å². The molecule has 0 saturated heterocycles. The molecule has 0 spiro atoms. The molecule has 0 saturated carbocycles. The van der Waals surface area contributed by atoms with Crippen LogP contribution in [0.15, 0.2) is 89.1 Å². The molecule has 0 fully saturated rings. The van der Waals surface area contributed by atoms with Gasteiger partial charge in [0, 0.05) is 4.48 Å². The van der Waals surface area contributed by atoms with E-state index in [9.17, 15) is 0 Å². The summed E-state index contributed by atoms with van der Waals surface area (Å²) in [6, 6.07) is 20.2. The van der Waals surface area contributed by atoms with Crippen molar-refractivity contribution in [3.8, 4) is 0 Å². The van der Waals surface area contributed by atoms with Gasteiger partial charge in [-0.2, -0.15) is 0 Å². The van der Waals surface area contributed by atoms with E-state index in [-0.39, 0.29) is 0 Å². The number of hydrogen-bond donors (Lipinski definition) is 0. The Balaban J connectivity index is 0.000000575. The highest BCUT2D eigenvalue weighted by atomic mass is 79.9. The van der Waals surface area contributed by atoms with Crippen molar-refractivity contribution in [3.63, 3.8) is 0 Å². The molecule has 0 aliphatic carbocycles. The molecule has 1 aliphatic rings. The predicted octanol–water partition coefficient (Wildman–Crippen LogP) is 1.29. The first-order chi connectivity index (χ1) is 14.0. The zero-order valence-electron chi connectivity index (χ0n) is 16.3. The van der Waals surface area contributed by atoms with Crippen molar-refractivity contribution in [2.24, 2.45) is 0 Å². The quantitative estimate of drug-likeness (QED) is 0.468. The van der Waals surface area contributed by atoms with Crippen molar-refractivity contribution in [3.05, 3.63) is 100 Å². The second kappa shape index (κ2) is 10.7. The van der Waals surface area contributed by atoms with Gasteiger partial charge >= 0.3 is 11.6 Å². The van der Waals surface area contributed by atoms with Gasteiger partial charge in [-0.05, 0) is 35.9 Å². The molecule has 1 heterocycles. The third-order valence-electron chi connectivity index (χ3n) is 3.56. The first-order valence-corrected chi connectivity index (χ1v) is 10.8. The molecule has 0 atom stereocenters. The van der Waals surface area contributed by atoms with Crippen LogP contribution in [0.2, 0.25) is 0 Å². The van der Waals surface area contributed by atoms with Gasteiger partial charge in [0.2, 0.25) is 0 Å². The maximum Gasteiger partial charge on any atom is 0.424 e. The molecule has 2 aromatic carbocycles. The molecule has 6 nitrogen and oxygen atoms in total. The Kier molecular flexibility index (Phi) is 8.54. The van der Waals surface area contributed by atoms with E-state index >= 15 is 0 Å². The smallest absolute Gasteiger partial charge is 0.409 e. The van der Waals surface area contributed by atoms with Crippen molar-refractivity contribution < 1.29 is 38.0 Å². The summed E-state index contributed by atoms with van der Waals surface area (Å²) in [4.78, 5) is 0. The molecule has 0 radical (unpaired) electrons. The van der Waals surface area contributed by atoms with Crippen molar-refractivity contribution in [1.29, 1.82) is 0 Å². The Hall–Kier alpha value is -2.26. The van der Waals surface area contributed by atoms with E-state index in [2.05, 4.69) is 34.1 Å². The molecule has 2 aromatic rings. The fraction of sp³-hybridized carbons (Fsp3) is 0.136. The van der Waals surface area contributed by atoms with Crippen LogP contribution in [0.4, 0.5) is 0 Å². The minimum Gasteiger partial charge on any atom is -0.409 e. The second-order valence-corrected chi connectivity index (χ2v) is 8.20. The summed E-state index contributed by atoms with van der Waals surface area (Å²) < 4.78 is 46.8. The topological polar surface area (TPSA) is 113 Å². The number of halogens is 2. The van der Waals surface area contributed by atoms with Gasteiger partial charge in [0.25, 0.3) is 0 Å². The molecular weight excluding hydrogens is 476 g/mol. The van der Waals surface area contributed by atoms with Crippen LogP contribution in [0, 0.1) is 10.2 Å². The molecule has 8 heteroatoms. The lowest BCUT2D eigenvalue weighted by Gasteiger charge is -2.17. The van der Waals surface area contributed by atoms with Gasteiger partial charge in [0.15, 0.2) is 0 Å². The number of carbonyl (C=O) groups excluding carboxylic acids is 1. The van der Waals surface area contributed by atoms with Gasteiger partial charge in [0.1, 0.15) is 5.76 Å². The normalized spacial score (nSPS) is 16.2. The summed E-state index contributed by atoms with van der Waals surface area (Å²) in [6.07, 6.45) is 7.89. The zero-order chi connectivity index (χ0) is 22.2. The minimum absolute atomic E-state index is 0.713.